The molecular formula is C25H31N5O3. The molecule has 3 aromatic rings. The molecule has 1 fully saturated rings. The number of piperidine rings is 1. The predicted molar refractivity (Wildman–Crippen MR) is 128 cm³/mol. The number of phenolic OH excluding ortho intramolecular Hbond substituents is 1. The summed E-state index contributed by atoms with van der Waals surface area (Å²) in [7, 11) is 0. The molecule has 33 heavy (non-hydrogen) atoms. The second-order valence-corrected chi connectivity index (χ2v) is 8.86. The van der Waals surface area contributed by atoms with E-state index in [9.17, 15) is 9.90 Å². The molecule has 3 N–H and O–H groups in total. The standard InChI is InChI=1S/C25H31N5O3/c1-2-26-24-20-13-21(23(31)14-22(20)27-28-24)25(32)30-15-17-6-7-19(12-18(17)16-30)33-11-10-29-8-4-3-5-9-29/h6-7,12-14,31H,2-5,8-11,15-16H2,1H3,(H2,26,27,28). The number of nitrogens with one attached hydrogen (secondary N) is 2. The van der Waals surface area contributed by atoms with Gasteiger partial charge in [0.1, 0.15) is 18.1 Å². The van der Waals surface area contributed by atoms with E-state index in [1.807, 2.05) is 25.1 Å². The van der Waals surface area contributed by atoms with Crippen molar-refractivity contribution in [2.24, 2.45) is 0 Å². The third-order valence-electron chi connectivity index (χ3n) is 6.57. The molecule has 0 spiro atoms. The molecule has 3 heterocycles. The first kappa shape index (κ1) is 21.6. The van der Waals surface area contributed by atoms with Crippen LogP contribution in [0, 0.1) is 0 Å². The zero-order chi connectivity index (χ0) is 22.8. The molecule has 8 heteroatoms. The summed E-state index contributed by atoms with van der Waals surface area (Å²) in [6.07, 6.45) is 3.90. The Morgan fingerprint density at radius 2 is 1.97 bits per heavy atom. The predicted octanol–water partition coefficient (Wildman–Crippen LogP) is 3.72. The lowest BCUT2D eigenvalue weighted by atomic mass is 10.1. The number of hydrogen-bond acceptors (Lipinski definition) is 6. The normalized spacial score (nSPS) is 16.2. The van der Waals surface area contributed by atoms with Crippen LogP contribution in [0.5, 0.6) is 11.5 Å². The Bertz CT molecular complexity index is 1150. The van der Waals surface area contributed by atoms with Crippen molar-refractivity contribution in [3.63, 3.8) is 0 Å². The highest BCUT2D eigenvalue weighted by Crippen LogP contribution is 2.32. The van der Waals surface area contributed by atoms with E-state index in [0.717, 1.165) is 41.9 Å². The summed E-state index contributed by atoms with van der Waals surface area (Å²) in [5.74, 6) is 1.29. The van der Waals surface area contributed by atoms with Crippen LogP contribution >= 0.6 is 0 Å². The van der Waals surface area contributed by atoms with Crippen molar-refractivity contribution < 1.29 is 14.6 Å². The molecule has 0 atom stereocenters. The molecular weight excluding hydrogens is 418 g/mol. The van der Waals surface area contributed by atoms with Crippen LogP contribution in [0.3, 0.4) is 0 Å². The summed E-state index contributed by atoms with van der Waals surface area (Å²) in [5.41, 5.74) is 3.19. The van der Waals surface area contributed by atoms with Gasteiger partial charge >= 0.3 is 0 Å². The van der Waals surface area contributed by atoms with Crippen LogP contribution in [-0.2, 0) is 13.1 Å². The summed E-state index contributed by atoms with van der Waals surface area (Å²) >= 11 is 0. The van der Waals surface area contributed by atoms with Gasteiger partial charge in [-0.05, 0) is 62.2 Å². The topological polar surface area (TPSA) is 93.7 Å². The largest absolute Gasteiger partial charge is 0.507 e. The minimum atomic E-state index is -0.193. The van der Waals surface area contributed by atoms with E-state index in [1.165, 1.54) is 19.3 Å². The number of rotatable bonds is 7. The van der Waals surface area contributed by atoms with E-state index < -0.39 is 0 Å². The number of aromatic nitrogens is 2. The quantitative estimate of drug-likeness (QED) is 0.509. The van der Waals surface area contributed by atoms with Crippen LogP contribution in [0.25, 0.3) is 10.9 Å². The molecule has 2 aliphatic rings. The van der Waals surface area contributed by atoms with Crippen molar-refractivity contribution in [2.45, 2.75) is 39.3 Å². The Balaban J connectivity index is 1.26. The zero-order valence-corrected chi connectivity index (χ0v) is 19.1. The first-order valence-corrected chi connectivity index (χ1v) is 11.8. The maximum atomic E-state index is 13.3. The van der Waals surface area contributed by atoms with E-state index in [1.54, 1.807) is 17.0 Å². The Morgan fingerprint density at radius 3 is 2.79 bits per heavy atom. The van der Waals surface area contributed by atoms with Crippen molar-refractivity contribution in [2.75, 3.05) is 38.1 Å². The lowest BCUT2D eigenvalue weighted by Gasteiger charge is -2.26. The fourth-order valence-electron chi connectivity index (χ4n) is 4.78. The maximum Gasteiger partial charge on any atom is 0.258 e. The Morgan fingerprint density at radius 1 is 1.15 bits per heavy atom. The molecule has 5 rings (SSSR count). The number of H-pyrrole nitrogens is 1. The number of likely N-dealkylation sites (tertiary alicyclic amines) is 1. The van der Waals surface area contributed by atoms with Crippen LogP contribution in [0.15, 0.2) is 30.3 Å². The Labute approximate surface area is 193 Å². The van der Waals surface area contributed by atoms with Gasteiger partial charge < -0.3 is 20.1 Å². The van der Waals surface area contributed by atoms with Gasteiger partial charge in [0, 0.05) is 37.6 Å². The molecule has 0 aliphatic carbocycles. The van der Waals surface area contributed by atoms with Crippen molar-refractivity contribution in [1.82, 2.24) is 20.0 Å². The maximum absolute atomic E-state index is 13.3. The van der Waals surface area contributed by atoms with Gasteiger partial charge in [0.2, 0.25) is 0 Å². The molecule has 0 bridgehead atoms. The first-order valence-electron chi connectivity index (χ1n) is 11.8. The number of hydrogen-bond donors (Lipinski definition) is 3. The van der Waals surface area contributed by atoms with E-state index >= 15 is 0 Å². The van der Waals surface area contributed by atoms with Gasteiger partial charge in [-0.1, -0.05) is 12.5 Å². The number of anilines is 1. The van der Waals surface area contributed by atoms with E-state index in [0.29, 0.717) is 37.6 Å². The van der Waals surface area contributed by atoms with Crippen LogP contribution < -0.4 is 10.1 Å². The Kier molecular flexibility index (Phi) is 6.09. The molecule has 0 saturated carbocycles. The van der Waals surface area contributed by atoms with Crippen molar-refractivity contribution in [3.8, 4) is 11.5 Å². The van der Waals surface area contributed by atoms with E-state index in [-0.39, 0.29) is 17.2 Å². The van der Waals surface area contributed by atoms with E-state index in [4.69, 9.17) is 4.74 Å². The number of aromatic amines is 1. The number of phenols is 1. The first-order chi connectivity index (χ1) is 16.1. The second kappa shape index (κ2) is 9.31. The molecule has 1 amide bonds. The number of carbonyl (C=O) groups is 1. The minimum absolute atomic E-state index is 0.0445. The highest BCUT2D eigenvalue weighted by molar-refractivity contribution is 6.03. The number of benzene rings is 2. The third-order valence-corrected chi connectivity index (χ3v) is 6.57. The monoisotopic (exact) mass is 449 g/mol. The number of nitrogens with zero attached hydrogens (tertiary/aromatic N) is 3. The van der Waals surface area contributed by atoms with Gasteiger partial charge in [0.15, 0.2) is 5.82 Å². The van der Waals surface area contributed by atoms with Gasteiger partial charge in [-0.15, -0.1) is 0 Å². The van der Waals surface area contributed by atoms with Gasteiger partial charge in [-0.25, -0.2) is 0 Å². The molecule has 1 aromatic heterocycles. The SMILES string of the molecule is CCNc1n[nH]c2cc(O)c(C(=O)N3Cc4ccc(OCCN5CCCCC5)cc4C3)cc12. The summed E-state index contributed by atoms with van der Waals surface area (Å²) < 4.78 is 6.01. The summed E-state index contributed by atoms with van der Waals surface area (Å²) in [6, 6.07) is 9.35. The highest BCUT2D eigenvalue weighted by Gasteiger charge is 2.27. The van der Waals surface area contributed by atoms with Crippen molar-refractivity contribution in [1.29, 1.82) is 0 Å². The average molecular weight is 450 g/mol. The number of fused-ring (bicyclic) bond motifs is 2. The van der Waals surface area contributed by atoms with Crippen molar-refractivity contribution in [3.05, 3.63) is 47.0 Å². The second-order valence-electron chi connectivity index (χ2n) is 8.86. The summed E-state index contributed by atoms with van der Waals surface area (Å²) in [5, 5.41) is 21.6. The smallest absolute Gasteiger partial charge is 0.258 e. The highest BCUT2D eigenvalue weighted by atomic mass is 16.5. The number of aromatic hydroxyl groups is 1. The third kappa shape index (κ3) is 4.48. The van der Waals surface area contributed by atoms with Crippen LogP contribution in [-0.4, -0.2) is 63.8 Å². The number of carbonyl (C=O) groups excluding carboxylic acids is 1. The van der Waals surface area contributed by atoms with E-state index in [2.05, 4.69) is 20.4 Å². The fourth-order valence-corrected chi connectivity index (χ4v) is 4.78. The van der Waals surface area contributed by atoms with Gasteiger partial charge in [0.05, 0.1) is 11.1 Å². The van der Waals surface area contributed by atoms with Gasteiger partial charge in [-0.2, -0.15) is 5.10 Å². The van der Waals surface area contributed by atoms with Crippen LogP contribution in [0.2, 0.25) is 0 Å². The summed E-state index contributed by atoms with van der Waals surface area (Å²) in [4.78, 5) is 17.5. The molecule has 0 unspecified atom stereocenters. The van der Waals surface area contributed by atoms with Gasteiger partial charge in [-0.3, -0.25) is 14.8 Å². The molecule has 0 radical (unpaired) electrons. The summed E-state index contributed by atoms with van der Waals surface area (Å²) in [6.45, 7) is 7.68. The lowest BCUT2D eigenvalue weighted by molar-refractivity contribution is 0.0748. The molecule has 174 valence electrons. The lowest BCUT2D eigenvalue weighted by Crippen LogP contribution is -2.33. The average Bonchev–Trinajstić information content (AvgIpc) is 3.42. The molecule has 2 aromatic carbocycles. The Hall–Kier alpha value is -3.26. The van der Waals surface area contributed by atoms with Crippen LogP contribution in [0.1, 0.15) is 47.7 Å². The minimum Gasteiger partial charge on any atom is -0.507 e. The number of ether oxygens (including phenoxy) is 1. The molecule has 1 saturated heterocycles. The van der Waals surface area contributed by atoms with Gasteiger partial charge in [0.25, 0.3) is 5.91 Å². The van der Waals surface area contributed by atoms with Crippen LogP contribution in [0.4, 0.5) is 5.82 Å². The molecule has 8 nitrogen and oxygen atoms in total. The zero-order valence-electron chi connectivity index (χ0n) is 19.1. The molecule has 2 aliphatic heterocycles. The fraction of sp³-hybridized carbons (Fsp3) is 0.440. The van der Waals surface area contributed by atoms with Crippen molar-refractivity contribution >= 4 is 22.6 Å². The number of amides is 1.